The van der Waals surface area contributed by atoms with Crippen molar-refractivity contribution >= 4 is 11.9 Å². The number of amides is 1. The van der Waals surface area contributed by atoms with E-state index in [1.807, 2.05) is 18.2 Å². The highest BCUT2D eigenvalue weighted by Crippen LogP contribution is 2.19. The van der Waals surface area contributed by atoms with Crippen molar-refractivity contribution in [3.63, 3.8) is 0 Å². The van der Waals surface area contributed by atoms with Crippen LogP contribution in [0.15, 0.2) is 43.1 Å². The first-order valence-electron chi connectivity index (χ1n) is 7.94. The highest BCUT2D eigenvalue weighted by molar-refractivity contribution is 5.90. The van der Waals surface area contributed by atoms with Crippen LogP contribution in [0.3, 0.4) is 0 Å². The molecule has 1 N–H and O–H groups in total. The number of aromatic amines is 1. The number of carbonyl (C=O) groups excluding carboxylic acids is 1. The SMILES string of the molecule is O=C(c1ncn[nH]1)N1CCN(c2nccc(-c3cccnc3)n2)CC1. The van der Waals surface area contributed by atoms with Crippen LogP contribution in [0.2, 0.25) is 0 Å². The predicted molar refractivity (Wildman–Crippen MR) is 89.8 cm³/mol. The van der Waals surface area contributed by atoms with Gasteiger partial charge in [-0.3, -0.25) is 14.9 Å². The zero-order valence-corrected chi connectivity index (χ0v) is 13.4. The van der Waals surface area contributed by atoms with Gasteiger partial charge >= 0.3 is 0 Å². The van der Waals surface area contributed by atoms with Gasteiger partial charge in [-0.15, -0.1) is 0 Å². The zero-order chi connectivity index (χ0) is 17.1. The minimum absolute atomic E-state index is 0.137. The Bertz CT molecular complexity index is 844. The van der Waals surface area contributed by atoms with E-state index in [0.29, 0.717) is 32.1 Å². The number of nitrogens with zero attached hydrogens (tertiary/aromatic N) is 7. The molecule has 4 rings (SSSR count). The first kappa shape index (κ1) is 15.2. The van der Waals surface area contributed by atoms with Gasteiger partial charge in [-0.1, -0.05) is 0 Å². The van der Waals surface area contributed by atoms with Gasteiger partial charge in [-0.25, -0.2) is 15.0 Å². The van der Waals surface area contributed by atoms with Gasteiger partial charge in [0.1, 0.15) is 6.33 Å². The average Bonchev–Trinajstić information content (AvgIpc) is 3.23. The molecule has 0 aliphatic carbocycles. The van der Waals surface area contributed by atoms with Crippen LogP contribution in [0, 0.1) is 0 Å². The Balaban J connectivity index is 1.45. The monoisotopic (exact) mass is 336 g/mol. The Morgan fingerprint density at radius 2 is 1.96 bits per heavy atom. The van der Waals surface area contributed by atoms with Gasteiger partial charge < -0.3 is 9.80 Å². The number of hydrogen-bond acceptors (Lipinski definition) is 7. The molecule has 1 aliphatic rings. The maximum absolute atomic E-state index is 12.3. The molecule has 1 saturated heterocycles. The number of carbonyl (C=O) groups is 1. The van der Waals surface area contributed by atoms with Crippen LogP contribution in [-0.2, 0) is 0 Å². The number of rotatable bonds is 3. The third-order valence-corrected chi connectivity index (χ3v) is 4.07. The number of piperazine rings is 1. The molecule has 0 spiro atoms. The van der Waals surface area contributed by atoms with Crippen LogP contribution >= 0.6 is 0 Å². The highest BCUT2D eigenvalue weighted by Gasteiger charge is 2.25. The molecular formula is C16H16N8O. The van der Waals surface area contributed by atoms with Crippen molar-refractivity contribution in [1.82, 2.24) is 35.0 Å². The summed E-state index contributed by atoms with van der Waals surface area (Å²) in [5.41, 5.74) is 1.78. The van der Waals surface area contributed by atoms with E-state index in [1.54, 1.807) is 23.5 Å². The van der Waals surface area contributed by atoms with Gasteiger partial charge in [0.25, 0.3) is 5.91 Å². The molecule has 9 heteroatoms. The number of anilines is 1. The van der Waals surface area contributed by atoms with E-state index >= 15 is 0 Å². The van der Waals surface area contributed by atoms with Crippen LogP contribution in [-0.4, -0.2) is 67.1 Å². The molecule has 0 saturated carbocycles. The molecule has 126 valence electrons. The summed E-state index contributed by atoms with van der Waals surface area (Å²) in [6, 6.07) is 5.71. The molecule has 1 fully saturated rings. The summed E-state index contributed by atoms with van der Waals surface area (Å²) >= 11 is 0. The van der Waals surface area contributed by atoms with E-state index in [1.165, 1.54) is 6.33 Å². The molecule has 1 aliphatic heterocycles. The van der Waals surface area contributed by atoms with Gasteiger partial charge in [0.05, 0.1) is 5.69 Å². The first-order valence-corrected chi connectivity index (χ1v) is 7.94. The minimum atomic E-state index is -0.137. The maximum Gasteiger partial charge on any atom is 0.291 e. The second-order valence-corrected chi connectivity index (χ2v) is 5.60. The van der Waals surface area contributed by atoms with Crippen molar-refractivity contribution in [2.75, 3.05) is 31.1 Å². The first-order chi connectivity index (χ1) is 12.3. The third kappa shape index (κ3) is 3.16. The Labute approximate surface area is 143 Å². The standard InChI is InChI=1S/C16H16N8O/c25-15(14-19-11-20-22-14)23-6-8-24(9-7-23)16-18-5-3-13(21-16)12-2-1-4-17-10-12/h1-5,10-11H,6-9H2,(H,19,20,22). The second-order valence-electron chi connectivity index (χ2n) is 5.60. The lowest BCUT2D eigenvalue weighted by Crippen LogP contribution is -2.49. The molecule has 0 radical (unpaired) electrons. The van der Waals surface area contributed by atoms with Crippen molar-refractivity contribution in [3.05, 3.63) is 48.9 Å². The second kappa shape index (κ2) is 6.63. The summed E-state index contributed by atoms with van der Waals surface area (Å²) in [5, 5.41) is 6.33. The number of pyridine rings is 1. The van der Waals surface area contributed by atoms with Crippen molar-refractivity contribution < 1.29 is 4.79 Å². The highest BCUT2D eigenvalue weighted by atomic mass is 16.2. The van der Waals surface area contributed by atoms with Crippen LogP contribution in [0.4, 0.5) is 5.95 Å². The Kier molecular flexibility index (Phi) is 4.03. The van der Waals surface area contributed by atoms with Crippen LogP contribution in [0.5, 0.6) is 0 Å². The van der Waals surface area contributed by atoms with Gasteiger partial charge in [-0.2, -0.15) is 5.10 Å². The van der Waals surface area contributed by atoms with Crippen LogP contribution < -0.4 is 4.90 Å². The lowest BCUT2D eigenvalue weighted by molar-refractivity contribution is 0.0734. The fourth-order valence-electron chi connectivity index (χ4n) is 2.74. The normalized spacial score (nSPS) is 14.6. The lowest BCUT2D eigenvalue weighted by Gasteiger charge is -2.34. The van der Waals surface area contributed by atoms with Gasteiger partial charge in [0.15, 0.2) is 0 Å². The largest absolute Gasteiger partial charge is 0.337 e. The molecular weight excluding hydrogens is 320 g/mol. The molecule has 0 unspecified atom stereocenters. The lowest BCUT2D eigenvalue weighted by atomic mass is 10.2. The molecule has 3 aromatic heterocycles. The molecule has 9 nitrogen and oxygen atoms in total. The number of hydrogen-bond donors (Lipinski definition) is 1. The van der Waals surface area contributed by atoms with E-state index in [4.69, 9.17) is 0 Å². The molecule has 0 bridgehead atoms. The van der Waals surface area contributed by atoms with Crippen molar-refractivity contribution in [3.8, 4) is 11.3 Å². The molecule has 0 aromatic carbocycles. The Morgan fingerprint density at radius 3 is 2.68 bits per heavy atom. The minimum Gasteiger partial charge on any atom is -0.337 e. The van der Waals surface area contributed by atoms with E-state index in [0.717, 1.165) is 11.3 Å². The average molecular weight is 336 g/mol. The van der Waals surface area contributed by atoms with E-state index in [2.05, 4.69) is 35.0 Å². The smallest absolute Gasteiger partial charge is 0.291 e. The quantitative estimate of drug-likeness (QED) is 0.747. The summed E-state index contributed by atoms with van der Waals surface area (Å²) in [7, 11) is 0. The summed E-state index contributed by atoms with van der Waals surface area (Å²) < 4.78 is 0. The van der Waals surface area contributed by atoms with E-state index < -0.39 is 0 Å². The van der Waals surface area contributed by atoms with E-state index in [-0.39, 0.29) is 11.7 Å². The molecule has 25 heavy (non-hydrogen) atoms. The van der Waals surface area contributed by atoms with Crippen LogP contribution in [0.25, 0.3) is 11.3 Å². The van der Waals surface area contributed by atoms with Gasteiger partial charge in [0, 0.05) is 50.3 Å². The molecule has 3 aromatic rings. The third-order valence-electron chi connectivity index (χ3n) is 4.07. The molecule has 0 atom stereocenters. The summed E-state index contributed by atoms with van der Waals surface area (Å²) in [6.45, 7) is 2.49. The molecule has 4 heterocycles. The number of H-pyrrole nitrogens is 1. The van der Waals surface area contributed by atoms with Crippen molar-refractivity contribution in [1.29, 1.82) is 0 Å². The summed E-state index contributed by atoms with van der Waals surface area (Å²) in [4.78, 5) is 33.1. The fraction of sp³-hybridized carbons (Fsp3) is 0.250. The van der Waals surface area contributed by atoms with E-state index in [9.17, 15) is 4.79 Å². The summed E-state index contributed by atoms with van der Waals surface area (Å²) in [5.74, 6) is 0.790. The molecule has 1 amide bonds. The maximum atomic E-state index is 12.3. The van der Waals surface area contributed by atoms with Gasteiger partial charge in [0.2, 0.25) is 11.8 Å². The predicted octanol–water partition coefficient (Wildman–Crippen LogP) is 0.619. The topological polar surface area (TPSA) is 104 Å². The van der Waals surface area contributed by atoms with Gasteiger partial charge in [-0.05, 0) is 18.2 Å². The van der Waals surface area contributed by atoms with Crippen molar-refractivity contribution in [2.24, 2.45) is 0 Å². The number of nitrogens with one attached hydrogen (secondary N) is 1. The zero-order valence-electron chi connectivity index (χ0n) is 13.4. The fourth-order valence-corrected chi connectivity index (χ4v) is 2.74. The summed E-state index contributed by atoms with van der Waals surface area (Å²) in [6.07, 6.45) is 6.59. The Hall–Kier alpha value is -3.36. The Morgan fingerprint density at radius 1 is 1.08 bits per heavy atom. The van der Waals surface area contributed by atoms with Crippen LogP contribution in [0.1, 0.15) is 10.6 Å². The number of aromatic nitrogens is 6. The van der Waals surface area contributed by atoms with Crippen molar-refractivity contribution in [2.45, 2.75) is 0 Å².